The Bertz CT molecular complexity index is 1140. The van der Waals surface area contributed by atoms with E-state index < -0.39 is 10.1 Å². The standard InChI is InChI=1S/C33H53NO13S/c1-30-6-8-31(9-7-30)48(35,36)47-29-27-45-25-23-43-21-19-41-17-15-39-13-11-37-10-12-38-14-16-40-18-20-42-22-24-44-26-28-46-33-5-3-2-4-32(33)34/h2-9H,10-29,34H2,1H3. The largest absolute Gasteiger partial charge is 0.489 e. The summed E-state index contributed by atoms with van der Waals surface area (Å²) in [5, 5.41) is 0. The number of nitrogen functional groups attached to an aromatic ring is 1. The fourth-order valence-corrected chi connectivity index (χ4v) is 4.55. The molecule has 15 heteroatoms. The lowest BCUT2D eigenvalue weighted by molar-refractivity contribution is -0.0257. The van der Waals surface area contributed by atoms with Gasteiger partial charge in [0, 0.05) is 0 Å². The van der Waals surface area contributed by atoms with Crippen molar-refractivity contribution >= 4 is 15.8 Å². The van der Waals surface area contributed by atoms with Crippen LogP contribution >= 0.6 is 0 Å². The molecule has 14 nitrogen and oxygen atoms in total. The molecule has 0 aliphatic heterocycles. The van der Waals surface area contributed by atoms with Crippen LogP contribution in [0, 0.1) is 6.92 Å². The summed E-state index contributed by atoms with van der Waals surface area (Å²) < 4.78 is 83.7. The van der Waals surface area contributed by atoms with Crippen molar-refractivity contribution in [3.63, 3.8) is 0 Å². The van der Waals surface area contributed by atoms with Crippen LogP contribution in [0.3, 0.4) is 0 Å². The summed E-state index contributed by atoms with van der Waals surface area (Å²) in [7, 11) is -3.78. The van der Waals surface area contributed by atoms with Gasteiger partial charge in [-0.3, -0.25) is 4.18 Å². The van der Waals surface area contributed by atoms with Crippen LogP contribution < -0.4 is 10.5 Å². The van der Waals surface area contributed by atoms with Crippen LogP contribution in [0.15, 0.2) is 53.4 Å². The monoisotopic (exact) mass is 703 g/mol. The van der Waals surface area contributed by atoms with E-state index in [1.165, 1.54) is 12.1 Å². The Balaban J connectivity index is 1.19. The quantitative estimate of drug-likeness (QED) is 0.0656. The molecule has 0 bridgehead atoms. The van der Waals surface area contributed by atoms with Crippen LogP contribution in [0.1, 0.15) is 5.56 Å². The third-order valence-corrected chi connectivity index (χ3v) is 7.48. The predicted octanol–water partition coefficient (Wildman–Crippen LogP) is 2.51. The van der Waals surface area contributed by atoms with Gasteiger partial charge in [-0.05, 0) is 31.2 Å². The van der Waals surface area contributed by atoms with Crippen molar-refractivity contribution in [2.75, 3.05) is 138 Å². The molecule has 2 N–H and O–H groups in total. The molecule has 2 aromatic carbocycles. The molecule has 0 fully saturated rings. The lowest BCUT2D eigenvalue weighted by atomic mass is 10.2. The zero-order valence-corrected chi connectivity index (χ0v) is 28.9. The first kappa shape index (κ1) is 41.8. The maximum Gasteiger partial charge on any atom is 0.297 e. The molecule has 0 amide bonds. The third-order valence-electron chi connectivity index (χ3n) is 6.16. The molecule has 0 radical (unpaired) electrons. The highest BCUT2D eigenvalue weighted by atomic mass is 32.2. The molecule has 2 rings (SSSR count). The molecule has 48 heavy (non-hydrogen) atoms. The molecule has 2 aromatic rings. The summed E-state index contributed by atoms with van der Waals surface area (Å²) in [6.07, 6.45) is 0. The van der Waals surface area contributed by atoms with Gasteiger partial charge in [0.15, 0.2) is 0 Å². The van der Waals surface area contributed by atoms with Crippen molar-refractivity contribution in [1.29, 1.82) is 0 Å². The normalized spacial score (nSPS) is 11.7. The number of hydrogen-bond acceptors (Lipinski definition) is 14. The van der Waals surface area contributed by atoms with Crippen LogP contribution in [0.4, 0.5) is 5.69 Å². The second-order valence-electron chi connectivity index (χ2n) is 9.99. The summed E-state index contributed by atoms with van der Waals surface area (Å²) in [5.74, 6) is 0.661. The molecular weight excluding hydrogens is 650 g/mol. The zero-order chi connectivity index (χ0) is 34.4. The number of anilines is 1. The van der Waals surface area contributed by atoms with E-state index in [-0.39, 0.29) is 18.1 Å². The van der Waals surface area contributed by atoms with E-state index in [0.717, 1.165) is 5.56 Å². The lowest BCUT2D eigenvalue weighted by Crippen LogP contribution is -2.16. The first-order chi connectivity index (χ1) is 23.5. The molecular formula is C33H53NO13S. The van der Waals surface area contributed by atoms with E-state index in [2.05, 4.69) is 0 Å². The Morgan fingerprint density at radius 2 is 0.792 bits per heavy atom. The third kappa shape index (κ3) is 22.3. The predicted molar refractivity (Wildman–Crippen MR) is 178 cm³/mol. The number of nitrogens with two attached hydrogens (primary N) is 1. The van der Waals surface area contributed by atoms with Gasteiger partial charge >= 0.3 is 0 Å². The highest BCUT2D eigenvalue weighted by Crippen LogP contribution is 2.19. The molecule has 274 valence electrons. The van der Waals surface area contributed by atoms with Gasteiger partial charge in [-0.25, -0.2) is 0 Å². The van der Waals surface area contributed by atoms with Crippen LogP contribution in [0.5, 0.6) is 5.75 Å². The van der Waals surface area contributed by atoms with Gasteiger partial charge in [0.05, 0.1) is 136 Å². The number of hydrogen-bond donors (Lipinski definition) is 1. The fourth-order valence-electron chi connectivity index (χ4n) is 3.66. The number of benzene rings is 2. The summed E-state index contributed by atoms with van der Waals surface area (Å²) >= 11 is 0. The summed E-state index contributed by atoms with van der Waals surface area (Å²) in [5.41, 5.74) is 7.40. The van der Waals surface area contributed by atoms with Gasteiger partial charge in [-0.15, -0.1) is 0 Å². The Morgan fingerprint density at radius 3 is 1.17 bits per heavy atom. The maximum atomic E-state index is 12.1. The first-order valence-corrected chi connectivity index (χ1v) is 17.5. The number of para-hydroxylation sites is 2. The Morgan fingerprint density at radius 1 is 0.458 bits per heavy atom. The number of aryl methyl sites for hydroxylation is 1. The average Bonchev–Trinajstić information content (AvgIpc) is 3.08. The van der Waals surface area contributed by atoms with Gasteiger partial charge in [0.1, 0.15) is 12.4 Å². The SMILES string of the molecule is Cc1ccc(S(=O)(=O)OCCOCCOCCOCCOCCOCCOCCOCCOCCOCCOc2ccccc2N)cc1. The van der Waals surface area contributed by atoms with E-state index in [1.54, 1.807) is 18.2 Å². The molecule has 0 aromatic heterocycles. The van der Waals surface area contributed by atoms with Crippen LogP contribution in [-0.2, 0) is 56.9 Å². The van der Waals surface area contributed by atoms with E-state index in [4.69, 9.17) is 57.3 Å². The average molecular weight is 704 g/mol. The molecule has 0 aliphatic carbocycles. The van der Waals surface area contributed by atoms with Crippen LogP contribution in [0.2, 0.25) is 0 Å². The topological polar surface area (TPSA) is 162 Å². The Hall–Kier alpha value is -2.41. The Labute approximate surface area is 285 Å². The minimum Gasteiger partial charge on any atom is -0.489 e. The summed E-state index contributed by atoms with van der Waals surface area (Å²) in [6, 6.07) is 13.8. The second-order valence-corrected chi connectivity index (χ2v) is 11.6. The zero-order valence-electron chi connectivity index (χ0n) is 28.1. The Kier molecular flexibility index (Phi) is 24.7. The first-order valence-electron chi connectivity index (χ1n) is 16.1. The smallest absolute Gasteiger partial charge is 0.297 e. The lowest BCUT2D eigenvalue weighted by Gasteiger charge is -2.10. The fraction of sp³-hybridized carbons (Fsp3) is 0.636. The molecule has 0 aliphatic rings. The van der Waals surface area contributed by atoms with Crippen LogP contribution in [0.25, 0.3) is 0 Å². The van der Waals surface area contributed by atoms with E-state index in [9.17, 15) is 8.42 Å². The molecule has 0 atom stereocenters. The van der Waals surface area contributed by atoms with Gasteiger partial charge in [-0.1, -0.05) is 29.8 Å². The highest BCUT2D eigenvalue weighted by molar-refractivity contribution is 7.86. The molecule has 0 heterocycles. The van der Waals surface area contributed by atoms with E-state index in [1.807, 2.05) is 25.1 Å². The van der Waals surface area contributed by atoms with Gasteiger partial charge < -0.3 is 53.1 Å². The van der Waals surface area contributed by atoms with Crippen molar-refractivity contribution < 1.29 is 60.0 Å². The van der Waals surface area contributed by atoms with Crippen molar-refractivity contribution in [1.82, 2.24) is 0 Å². The van der Waals surface area contributed by atoms with Gasteiger partial charge in [0.25, 0.3) is 10.1 Å². The molecule has 0 unspecified atom stereocenters. The van der Waals surface area contributed by atoms with Crippen molar-refractivity contribution in [3.8, 4) is 5.75 Å². The van der Waals surface area contributed by atoms with Gasteiger partial charge in [-0.2, -0.15) is 8.42 Å². The summed E-state index contributed by atoms with van der Waals surface area (Å²) in [4.78, 5) is 0.127. The number of ether oxygens (including phenoxy) is 10. The molecule has 0 saturated heterocycles. The van der Waals surface area contributed by atoms with E-state index >= 15 is 0 Å². The van der Waals surface area contributed by atoms with Gasteiger partial charge in [0.2, 0.25) is 0 Å². The van der Waals surface area contributed by atoms with Crippen molar-refractivity contribution in [2.45, 2.75) is 11.8 Å². The van der Waals surface area contributed by atoms with Crippen molar-refractivity contribution in [2.24, 2.45) is 0 Å². The summed E-state index contributed by atoms with van der Waals surface area (Å²) in [6.45, 7) is 10.2. The maximum absolute atomic E-state index is 12.1. The minimum atomic E-state index is -3.78. The minimum absolute atomic E-state index is 0.0610. The molecule has 0 spiro atoms. The van der Waals surface area contributed by atoms with E-state index in [0.29, 0.717) is 130 Å². The van der Waals surface area contributed by atoms with Crippen molar-refractivity contribution in [3.05, 3.63) is 54.1 Å². The van der Waals surface area contributed by atoms with Crippen LogP contribution in [-0.4, -0.2) is 141 Å². The molecule has 0 saturated carbocycles. The second kappa shape index (κ2) is 28.4. The number of rotatable bonds is 33. The highest BCUT2D eigenvalue weighted by Gasteiger charge is 2.14.